The molecule has 1 aromatic rings. The highest BCUT2D eigenvalue weighted by Crippen LogP contribution is 2.53. The molecule has 0 amide bonds. The summed E-state index contributed by atoms with van der Waals surface area (Å²) in [4.78, 5) is 0.416. The number of rotatable bonds is 1. The molecule has 0 N–H and O–H groups in total. The van der Waals surface area contributed by atoms with Crippen molar-refractivity contribution < 1.29 is 13.2 Å². The number of hydrogen-bond acceptors (Lipinski definition) is 3. The van der Waals surface area contributed by atoms with Gasteiger partial charge in [0.1, 0.15) is 10.3 Å². The van der Waals surface area contributed by atoms with Crippen LogP contribution in [0.5, 0.6) is 0 Å². The monoisotopic (exact) mass is 296 g/mol. The van der Waals surface area contributed by atoms with Gasteiger partial charge in [0.2, 0.25) is 0 Å². The molecule has 1 aliphatic heterocycles. The molecule has 20 heavy (non-hydrogen) atoms. The van der Waals surface area contributed by atoms with Crippen LogP contribution in [-0.4, -0.2) is 20.3 Å². The molecule has 0 aliphatic carbocycles. The first-order valence-corrected chi connectivity index (χ1v) is 8.33. The zero-order chi connectivity index (χ0) is 15.6. The third-order valence-corrected chi connectivity index (χ3v) is 7.53. The van der Waals surface area contributed by atoms with E-state index in [0.29, 0.717) is 4.90 Å². The van der Waals surface area contributed by atoms with Crippen molar-refractivity contribution in [2.75, 3.05) is 7.11 Å². The summed E-state index contributed by atoms with van der Waals surface area (Å²) >= 11 is 0. The Balaban J connectivity index is 2.82. The van der Waals surface area contributed by atoms with Gasteiger partial charge in [-0.1, -0.05) is 32.9 Å². The maximum atomic E-state index is 12.9. The van der Waals surface area contributed by atoms with Gasteiger partial charge in [0.25, 0.3) is 0 Å². The van der Waals surface area contributed by atoms with Crippen molar-refractivity contribution in [2.45, 2.75) is 62.2 Å². The highest BCUT2D eigenvalue weighted by molar-refractivity contribution is 7.93. The van der Waals surface area contributed by atoms with E-state index in [-0.39, 0.29) is 5.41 Å². The molecule has 1 heterocycles. The summed E-state index contributed by atoms with van der Waals surface area (Å²) in [6.07, 6.45) is 0. The number of ether oxygens (including phenoxy) is 1. The Kier molecular flexibility index (Phi) is 3.16. The lowest BCUT2D eigenvalue weighted by Crippen LogP contribution is -2.46. The van der Waals surface area contributed by atoms with E-state index in [1.165, 1.54) is 0 Å². The quantitative estimate of drug-likeness (QED) is 0.797. The summed E-state index contributed by atoms with van der Waals surface area (Å²) in [6, 6.07) is 5.73. The van der Waals surface area contributed by atoms with Crippen molar-refractivity contribution in [1.29, 1.82) is 0 Å². The van der Waals surface area contributed by atoms with E-state index in [4.69, 9.17) is 4.74 Å². The van der Waals surface area contributed by atoms with Gasteiger partial charge in [0.15, 0.2) is 9.84 Å². The van der Waals surface area contributed by atoms with E-state index < -0.39 is 20.2 Å². The highest BCUT2D eigenvalue weighted by Gasteiger charge is 2.60. The van der Waals surface area contributed by atoms with Crippen LogP contribution in [0.1, 0.15) is 52.7 Å². The summed E-state index contributed by atoms with van der Waals surface area (Å²) in [5.41, 5.74) is 0.882. The summed E-state index contributed by atoms with van der Waals surface area (Å²) in [6.45, 7) is 11.6. The highest BCUT2D eigenvalue weighted by atomic mass is 32.2. The van der Waals surface area contributed by atoms with Crippen molar-refractivity contribution >= 4 is 9.84 Å². The smallest absolute Gasteiger partial charge is 0.187 e. The Bertz CT molecular complexity index is 651. The molecular formula is C16H24O3S. The average Bonchev–Trinajstić information content (AvgIpc) is 2.45. The van der Waals surface area contributed by atoms with Crippen LogP contribution >= 0.6 is 0 Å². The second-order valence-electron chi connectivity index (χ2n) is 7.21. The molecule has 0 fully saturated rings. The van der Waals surface area contributed by atoms with Crippen LogP contribution in [0.25, 0.3) is 0 Å². The van der Waals surface area contributed by atoms with E-state index in [1.54, 1.807) is 21.0 Å². The number of sulfone groups is 1. The zero-order valence-corrected chi connectivity index (χ0v) is 14.2. The molecule has 1 aliphatic rings. The van der Waals surface area contributed by atoms with Crippen LogP contribution in [0.15, 0.2) is 23.1 Å². The molecule has 0 bridgehead atoms. The lowest BCUT2D eigenvalue weighted by atomic mass is 9.81. The van der Waals surface area contributed by atoms with Crippen LogP contribution in [0.2, 0.25) is 0 Å². The molecule has 1 atom stereocenters. The SMILES string of the molecule is COC1(C)c2ccc(C(C)(C)C)cc2S(=O)(=O)C1(C)C. The predicted octanol–water partition coefficient (Wildman–Crippen LogP) is 3.41. The molecule has 1 aromatic carbocycles. The summed E-state index contributed by atoms with van der Waals surface area (Å²) in [5, 5.41) is 0. The third kappa shape index (κ3) is 1.70. The fourth-order valence-electron chi connectivity index (χ4n) is 2.82. The first-order chi connectivity index (χ1) is 8.89. The number of hydrogen-bond donors (Lipinski definition) is 0. The van der Waals surface area contributed by atoms with Crippen molar-refractivity contribution in [2.24, 2.45) is 0 Å². The van der Waals surface area contributed by atoms with E-state index in [9.17, 15) is 8.42 Å². The molecule has 0 spiro atoms. The first kappa shape index (κ1) is 15.5. The van der Waals surface area contributed by atoms with Crippen molar-refractivity contribution in [1.82, 2.24) is 0 Å². The normalized spacial score (nSPS) is 27.4. The van der Waals surface area contributed by atoms with Crippen LogP contribution in [0.4, 0.5) is 0 Å². The van der Waals surface area contributed by atoms with Gasteiger partial charge in [0, 0.05) is 12.7 Å². The number of benzene rings is 1. The van der Waals surface area contributed by atoms with Gasteiger partial charge in [-0.25, -0.2) is 8.42 Å². The molecule has 3 nitrogen and oxygen atoms in total. The van der Waals surface area contributed by atoms with Crippen molar-refractivity contribution in [3.63, 3.8) is 0 Å². The summed E-state index contributed by atoms with van der Waals surface area (Å²) < 4.78 is 30.4. The van der Waals surface area contributed by atoms with Gasteiger partial charge < -0.3 is 4.74 Å². The molecule has 1 unspecified atom stereocenters. The van der Waals surface area contributed by atoms with Gasteiger partial charge >= 0.3 is 0 Å². The fourth-order valence-corrected chi connectivity index (χ4v) is 4.91. The molecule has 0 radical (unpaired) electrons. The van der Waals surface area contributed by atoms with E-state index >= 15 is 0 Å². The van der Waals surface area contributed by atoms with Gasteiger partial charge in [-0.05, 0) is 37.8 Å². The van der Waals surface area contributed by atoms with E-state index in [2.05, 4.69) is 20.8 Å². The molecule has 2 rings (SSSR count). The Labute approximate surface area is 122 Å². The minimum atomic E-state index is -3.41. The van der Waals surface area contributed by atoms with E-state index in [0.717, 1.165) is 11.1 Å². The van der Waals surface area contributed by atoms with Gasteiger partial charge in [-0.15, -0.1) is 0 Å². The van der Waals surface area contributed by atoms with Gasteiger partial charge in [-0.2, -0.15) is 0 Å². The Morgan fingerprint density at radius 3 is 2.10 bits per heavy atom. The summed E-state index contributed by atoms with van der Waals surface area (Å²) in [5.74, 6) is 0. The number of methoxy groups -OCH3 is 1. The minimum absolute atomic E-state index is 0.0826. The second kappa shape index (κ2) is 4.08. The average molecular weight is 296 g/mol. The zero-order valence-electron chi connectivity index (χ0n) is 13.4. The first-order valence-electron chi connectivity index (χ1n) is 6.84. The lowest BCUT2D eigenvalue weighted by molar-refractivity contribution is -0.0227. The van der Waals surface area contributed by atoms with Crippen LogP contribution in [-0.2, 0) is 25.6 Å². The lowest BCUT2D eigenvalue weighted by Gasteiger charge is -2.35. The number of fused-ring (bicyclic) bond motifs is 1. The minimum Gasteiger partial charge on any atom is -0.372 e. The molecule has 0 saturated carbocycles. The molecule has 112 valence electrons. The van der Waals surface area contributed by atoms with Crippen molar-refractivity contribution in [3.05, 3.63) is 29.3 Å². The van der Waals surface area contributed by atoms with Crippen LogP contribution < -0.4 is 0 Å². The molecule has 4 heteroatoms. The van der Waals surface area contributed by atoms with Gasteiger partial charge in [-0.3, -0.25) is 0 Å². The van der Waals surface area contributed by atoms with Gasteiger partial charge in [0.05, 0.1) is 4.90 Å². The maximum Gasteiger partial charge on any atom is 0.187 e. The Morgan fingerprint density at radius 2 is 1.65 bits per heavy atom. The fraction of sp³-hybridized carbons (Fsp3) is 0.625. The predicted molar refractivity (Wildman–Crippen MR) is 80.8 cm³/mol. The van der Waals surface area contributed by atoms with Crippen LogP contribution in [0, 0.1) is 0 Å². The maximum absolute atomic E-state index is 12.9. The second-order valence-corrected chi connectivity index (χ2v) is 9.68. The largest absolute Gasteiger partial charge is 0.372 e. The van der Waals surface area contributed by atoms with Crippen molar-refractivity contribution in [3.8, 4) is 0 Å². The topological polar surface area (TPSA) is 43.4 Å². The molecule has 0 aromatic heterocycles. The Morgan fingerprint density at radius 1 is 1.10 bits per heavy atom. The summed E-state index contributed by atoms with van der Waals surface area (Å²) in [7, 11) is -1.84. The van der Waals surface area contributed by atoms with Crippen LogP contribution in [0.3, 0.4) is 0 Å². The standard InChI is InChI=1S/C16H24O3S/c1-14(2,3)11-8-9-12-13(10-11)20(17,18)15(4,5)16(12,6)19-7/h8-10H,1-7H3. The van der Waals surface area contributed by atoms with E-state index in [1.807, 2.05) is 25.1 Å². The molecule has 0 saturated heterocycles. The molecular weight excluding hydrogens is 272 g/mol. The third-order valence-electron chi connectivity index (χ3n) is 4.88. The Hall–Kier alpha value is -0.870.